The van der Waals surface area contributed by atoms with E-state index in [9.17, 15) is 20.0 Å². The Kier molecular flexibility index (Phi) is 3.89. The standard InChI is InChI=1S/C15H11N5O4/c21-12-6-1-3-9(7-12)13-14(15(22)19-17-13)18-16-10-4-2-5-11(8-10)20(23)24/h1-8,21H,(H2,17,19,22). The monoisotopic (exact) mass is 325 g/mol. The molecule has 3 N–H and O–H groups in total. The van der Waals surface area contributed by atoms with Crippen LogP contribution in [0.1, 0.15) is 0 Å². The number of H-pyrrole nitrogens is 2. The van der Waals surface area contributed by atoms with Crippen LogP contribution in [0.25, 0.3) is 11.3 Å². The number of aromatic amines is 2. The van der Waals surface area contributed by atoms with E-state index in [2.05, 4.69) is 20.4 Å². The fourth-order valence-electron chi connectivity index (χ4n) is 2.09. The van der Waals surface area contributed by atoms with Gasteiger partial charge >= 0.3 is 0 Å². The van der Waals surface area contributed by atoms with E-state index in [-0.39, 0.29) is 22.8 Å². The molecule has 0 fully saturated rings. The number of aromatic nitrogens is 2. The summed E-state index contributed by atoms with van der Waals surface area (Å²) in [5.41, 5.74) is 0.523. The Labute approximate surface area is 134 Å². The maximum atomic E-state index is 11.9. The van der Waals surface area contributed by atoms with E-state index in [1.54, 1.807) is 12.1 Å². The molecule has 0 unspecified atom stereocenters. The normalized spacial score (nSPS) is 11.0. The molecule has 1 heterocycles. The molecular formula is C15H11N5O4. The third-order valence-corrected chi connectivity index (χ3v) is 3.19. The first-order chi connectivity index (χ1) is 11.5. The summed E-state index contributed by atoms with van der Waals surface area (Å²) in [4.78, 5) is 22.1. The van der Waals surface area contributed by atoms with E-state index in [1.807, 2.05) is 0 Å². The molecule has 0 amide bonds. The topological polar surface area (TPSA) is 137 Å². The molecular weight excluding hydrogens is 314 g/mol. The minimum atomic E-state index is -0.541. The predicted octanol–water partition coefficient (Wildman–Crippen LogP) is 3.40. The molecule has 9 heteroatoms. The lowest BCUT2D eigenvalue weighted by Crippen LogP contribution is -1.96. The Morgan fingerprint density at radius 3 is 2.58 bits per heavy atom. The van der Waals surface area contributed by atoms with Crippen LogP contribution in [-0.4, -0.2) is 20.2 Å². The summed E-state index contributed by atoms with van der Waals surface area (Å²) >= 11 is 0. The number of nitrogens with one attached hydrogen (secondary N) is 2. The zero-order valence-electron chi connectivity index (χ0n) is 12.1. The first-order valence-electron chi connectivity index (χ1n) is 6.81. The Morgan fingerprint density at radius 1 is 1.04 bits per heavy atom. The van der Waals surface area contributed by atoms with Gasteiger partial charge in [0.2, 0.25) is 0 Å². The van der Waals surface area contributed by atoms with Gasteiger partial charge in [0.05, 0.1) is 16.3 Å². The first-order valence-corrected chi connectivity index (χ1v) is 6.81. The van der Waals surface area contributed by atoms with Gasteiger partial charge in [0.1, 0.15) is 5.75 Å². The van der Waals surface area contributed by atoms with Crippen molar-refractivity contribution in [1.29, 1.82) is 0 Å². The molecule has 0 aliphatic heterocycles. The van der Waals surface area contributed by atoms with E-state index in [0.29, 0.717) is 11.3 Å². The van der Waals surface area contributed by atoms with Gasteiger partial charge in [-0.25, -0.2) is 0 Å². The molecule has 0 saturated carbocycles. The highest BCUT2D eigenvalue weighted by Gasteiger charge is 2.12. The zero-order chi connectivity index (χ0) is 17.1. The van der Waals surface area contributed by atoms with E-state index in [4.69, 9.17) is 0 Å². The summed E-state index contributed by atoms with van der Waals surface area (Å²) in [6.07, 6.45) is 0. The summed E-state index contributed by atoms with van der Waals surface area (Å²) < 4.78 is 0. The maximum Gasteiger partial charge on any atom is 0.292 e. The van der Waals surface area contributed by atoms with Gasteiger partial charge in [0.25, 0.3) is 11.2 Å². The molecule has 0 atom stereocenters. The number of benzene rings is 2. The van der Waals surface area contributed by atoms with E-state index >= 15 is 0 Å². The number of non-ortho nitro benzene ring substituents is 1. The van der Waals surface area contributed by atoms with E-state index < -0.39 is 10.5 Å². The molecule has 3 rings (SSSR count). The summed E-state index contributed by atoms with van der Waals surface area (Å²) in [6, 6.07) is 11.9. The van der Waals surface area contributed by atoms with Crippen molar-refractivity contribution in [3.05, 3.63) is 69.0 Å². The molecule has 0 bridgehead atoms. The molecule has 0 radical (unpaired) electrons. The van der Waals surface area contributed by atoms with Crippen LogP contribution in [-0.2, 0) is 0 Å². The quantitative estimate of drug-likeness (QED) is 0.384. The third-order valence-electron chi connectivity index (χ3n) is 3.19. The van der Waals surface area contributed by atoms with Gasteiger partial charge < -0.3 is 5.11 Å². The number of nitro benzene ring substituents is 1. The average Bonchev–Trinajstić information content (AvgIpc) is 2.94. The summed E-state index contributed by atoms with van der Waals surface area (Å²) in [5, 5.41) is 33.1. The van der Waals surface area contributed by atoms with Crippen LogP contribution in [0.4, 0.5) is 17.1 Å². The van der Waals surface area contributed by atoms with Gasteiger partial charge in [-0.2, -0.15) is 5.11 Å². The lowest BCUT2D eigenvalue weighted by Gasteiger charge is -1.99. The molecule has 0 saturated heterocycles. The van der Waals surface area contributed by atoms with Crippen molar-refractivity contribution in [3.8, 4) is 17.0 Å². The van der Waals surface area contributed by atoms with Gasteiger partial charge in [-0.05, 0) is 18.2 Å². The summed E-state index contributed by atoms with van der Waals surface area (Å²) in [6.45, 7) is 0. The number of nitrogens with zero attached hydrogens (tertiary/aromatic N) is 3. The largest absolute Gasteiger partial charge is 0.508 e. The second kappa shape index (κ2) is 6.16. The Morgan fingerprint density at radius 2 is 1.83 bits per heavy atom. The molecule has 0 aliphatic carbocycles. The zero-order valence-corrected chi connectivity index (χ0v) is 12.1. The smallest absolute Gasteiger partial charge is 0.292 e. The van der Waals surface area contributed by atoms with Crippen molar-refractivity contribution < 1.29 is 10.0 Å². The molecule has 2 aromatic carbocycles. The van der Waals surface area contributed by atoms with Crippen LogP contribution < -0.4 is 5.56 Å². The fourth-order valence-corrected chi connectivity index (χ4v) is 2.09. The van der Waals surface area contributed by atoms with Crippen molar-refractivity contribution in [1.82, 2.24) is 10.2 Å². The summed E-state index contributed by atoms with van der Waals surface area (Å²) in [7, 11) is 0. The number of rotatable bonds is 4. The number of phenols is 1. The minimum absolute atomic E-state index is 0.00658. The second-order valence-corrected chi connectivity index (χ2v) is 4.83. The van der Waals surface area contributed by atoms with Crippen LogP contribution in [0.2, 0.25) is 0 Å². The van der Waals surface area contributed by atoms with Crippen molar-refractivity contribution in [2.24, 2.45) is 10.2 Å². The molecule has 24 heavy (non-hydrogen) atoms. The average molecular weight is 325 g/mol. The maximum absolute atomic E-state index is 11.9. The summed E-state index contributed by atoms with van der Waals surface area (Å²) in [5.74, 6) is 0.0381. The molecule has 1 aromatic heterocycles. The van der Waals surface area contributed by atoms with Crippen LogP contribution in [0, 0.1) is 10.1 Å². The van der Waals surface area contributed by atoms with Gasteiger partial charge in [-0.15, -0.1) is 5.11 Å². The van der Waals surface area contributed by atoms with Crippen LogP contribution in [0.3, 0.4) is 0 Å². The third kappa shape index (κ3) is 3.04. The molecule has 0 spiro atoms. The molecule has 3 aromatic rings. The SMILES string of the molecule is O=c1[nH][nH]c(-c2cccc(O)c2)c1N=Nc1cccc([N+](=O)[O-])c1. The Bertz CT molecular complexity index is 989. The number of phenolic OH excluding ortho intramolecular Hbond substituents is 1. The predicted molar refractivity (Wildman–Crippen MR) is 85.8 cm³/mol. The van der Waals surface area contributed by atoms with Crippen LogP contribution in [0.15, 0.2) is 63.6 Å². The number of hydrogen-bond acceptors (Lipinski definition) is 6. The van der Waals surface area contributed by atoms with Crippen molar-refractivity contribution >= 4 is 17.1 Å². The highest BCUT2D eigenvalue weighted by Crippen LogP contribution is 2.29. The van der Waals surface area contributed by atoms with E-state index in [1.165, 1.54) is 36.4 Å². The lowest BCUT2D eigenvalue weighted by molar-refractivity contribution is -0.384. The molecule has 9 nitrogen and oxygen atoms in total. The number of nitro groups is 1. The van der Waals surface area contributed by atoms with Crippen LogP contribution in [0.5, 0.6) is 5.75 Å². The molecule has 0 aliphatic rings. The van der Waals surface area contributed by atoms with E-state index in [0.717, 1.165) is 0 Å². The van der Waals surface area contributed by atoms with Crippen LogP contribution >= 0.6 is 0 Å². The fraction of sp³-hybridized carbons (Fsp3) is 0. The number of aromatic hydroxyl groups is 1. The van der Waals surface area contributed by atoms with Crippen molar-refractivity contribution in [2.45, 2.75) is 0 Å². The van der Waals surface area contributed by atoms with Gasteiger partial charge in [0, 0.05) is 17.7 Å². The van der Waals surface area contributed by atoms with Gasteiger partial charge in [-0.3, -0.25) is 25.1 Å². The second-order valence-electron chi connectivity index (χ2n) is 4.83. The highest BCUT2D eigenvalue weighted by atomic mass is 16.6. The van der Waals surface area contributed by atoms with Gasteiger partial charge in [-0.1, -0.05) is 18.2 Å². The number of azo groups is 1. The highest BCUT2D eigenvalue weighted by molar-refractivity contribution is 5.72. The first kappa shape index (κ1) is 15.2. The minimum Gasteiger partial charge on any atom is -0.508 e. The Hall–Kier alpha value is -3.75. The van der Waals surface area contributed by atoms with Crippen molar-refractivity contribution in [2.75, 3.05) is 0 Å². The lowest BCUT2D eigenvalue weighted by atomic mass is 10.1. The molecule has 120 valence electrons. The number of hydrogen-bond donors (Lipinski definition) is 3. The van der Waals surface area contributed by atoms with Crippen molar-refractivity contribution in [3.63, 3.8) is 0 Å². The Balaban J connectivity index is 1.99. The van der Waals surface area contributed by atoms with Gasteiger partial charge in [0.15, 0.2) is 5.69 Å².